The number of hydrogen-bond donors (Lipinski definition) is 0. The summed E-state index contributed by atoms with van der Waals surface area (Å²) in [5.74, 6) is -1.18. The first kappa shape index (κ1) is 13.3. The molecule has 0 amide bonds. The second-order valence-corrected chi connectivity index (χ2v) is 4.43. The van der Waals surface area contributed by atoms with Crippen molar-refractivity contribution in [1.82, 2.24) is 4.90 Å². The van der Waals surface area contributed by atoms with Crippen molar-refractivity contribution >= 4 is 46.4 Å². The summed E-state index contributed by atoms with van der Waals surface area (Å²) in [6.07, 6.45) is 3.01. The van der Waals surface area contributed by atoms with E-state index in [4.69, 9.17) is 34.8 Å². The van der Waals surface area contributed by atoms with Gasteiger partial charge in [0.15, 0.2) is 0 Å². The minimum Gasteiger partial charge on any atom is -0.383 e. The van der Waals surface area contributed by atoms with Crippen LogP contribution in [0.3, 0.4) is 0 Å². The quantitative estimate of drug-likeness (QED) is 0.729. The number of nitrogens with zero attached hydrogens (tertiary/aromatic N) is 1. The maximum absolute atomic E-state index is 11.7. The van der Waals surface area contributed by atoms with Crippen molar-refractivity contribution in [2.45, 2.75) is 0 Å². The molecule has 0 N–H and O–H groups in total. The summed E-state index contributed by atoms with van der Waals surface area (Å²) in [4.78, 5) is 24.8. The molecule has 1 aliphatic carbocycles. The van der Waals surface area contributed by atoms with Crippen LogP contribution < -0.4 is 0 Å². The Labute approximate surface area is 108 Å². The van der Waals surface area contributed by atoms with Crippen LogP contribution in [0.15, 0.2) is 32.9 Å². The third kappa shape index (κ3) is 2.48. The molecule has 86 valence electrons. The van der Waals surface area contributed by atoms with Gasteiger partial charge in [0.05, 0.1) is 0 Å². The fraction of sp³-hybridized carbons (Fsp3) is 0.200. The molecule has 0 fully saturated rings. The number of allylic oxidation sites excluding steroid dienone is 5. The summed E-state index contributed by atoms with van der Waals surface area (Å²) >= 11 is 16.9. The Kier molecular flexibility index (Phi) is 4.19. The second-order valence-electron chi connectivity index (χ2n) is 3.29. The van der Waals surface area contributed by atoms with Crippen molar-refractivity contribution in [3.63, 3.8) is 0 Å². The zero-order chi connectivity index (χ0) is 12.5. The molecule has 0 saturated carbocycles. The molecule has 0 atom stereocenters. The molecule has 1 aliphatic rings. The fourth-order valence-corrected chi connectivity index (χ4v) is 1.67. The maximum Gasteiger partial charge on any atom is 0.218 e. The van der Waals surface area contributed by atoms with Crippen molar-refractivity contribution in [3.8, 4) is 0 Å². The Morgan fingerprint density at radius 1 is 0.938 bits per heavy atom. The number of ketones is 2. The molecule has 3 nitrogen and oxygen atoms in total. The molecule has 0 heterocycles. The van der Waals surface area contributed by atoms with Gasteiger partial charge in [-0.15, -0.1) is 0 Å². The highest BCUT2D eigenvalue weighted by Gasteiger charge is 2.30. The summed E-state index contributed by atoms with van der Waals surface area (Å²) in [5.41, 5.74) is 0.0507. The number of rotatable bonds is 2. The van der Waals surface area contributed by atoms with E-state index < -0.39 is 11.6 Å². The lowest BCUT2D eigenvalue weighted by molar-refractivity contribution is -0.115. The number of carbonyl (C=O) groups excluding carboxylic acids is 2. The molecule has 6 heteroatoms. The van der Waals surface area contributed by atoms with Gasteiger partial charge in [0, 0.05) is 19.7 Å². The van der Waals surface area contributed by atoms with E-state index in [0.717, 1.165) is 0 Å². The van der Waals surface area contributed by atoms with Crippen molar-refractivity contribution in [2.24, 2.45) is 0 Å². The van der Waals surface area contributed by atoms with Gasteiger partial charge in [0.2, 0.25) is 11.6 Å². The van der Waals surface area contributed by atoms with E-state index in [2.05, 4.69) is 0 Å². The summed E-state index contributed by atoms with van der Waals surface area (Å²) in [6, 6.07) is 0. The number of halogens is 3. The summed E-state index contributed by atoms with van der Waals surface area (Å²) in [7, 11) is 3.54. The Balaban J connectivity index is 3.19. The van der Waals surface area contributed by atoms with Crippen molar-refractivity contribution in [1.29, 1.82) is 0 Å². The normalized spacial score (nSPS) is 17.8. The lowest BCUT2D eigenvalue weighted by atomic mass is 10.0. The summed E-state index contributed by atoms with van der Waals surface area (Å²) in [5, 5.41) is -0.842. The average Bonchev–Trinajstić information content (AvgIpc) is 2.23. The first-order chi connectivity index (χ1) is 7.36. The Hall–Kier alpha value is -0.770. The zero-order valence-corrected chi connectivity index (χ0v) is 10.8. The highest BCUT2D eigenvalue weighted by molar-refractivity contribution is 6.64. The predicted molar refractivity (Wildman–Crippen MR) is 64.5 cm³/mol. The standard InChI is InChI=1S/C10H8Cl3NO2/c1-14(2)4-3-5-6(11)10(16)8(13)7(12)9(5)15/h3-4H,1-2H3/b4-3+. The third-order valence-corrected chi connectivity index (χ3v) is 3.00. The minimum absolute atomic E-state index is 0.0507. The van der Waals surface area contributed by atoms with Gasteiger partial charge >= 0.3 is 0 Å². The topological polar surface area (TPSA) is 37.4 Å². The van der Waals surface area contributed by atoms with Crippen LogP contribution in [0.4, 0.5) is 0 Å². The molecule has 0 aromatic carbocycles. The van der Waals surface area contributed by atoms with Crippen LogP contribution in [-0.2, 0) is 9.59 Å². The van der Waals surface area contributed by atoms with Gasteiger partial charge in [-0.3, -0.25) is 9.59 Å². The molecule has 0 aromatic rings. The molecule has 0 unspecified atom stereocenters. The van der Waals surface area contributed by atoms with Gasteiger partial charge in [-0.2, -0.15) is 0 Å². The van der Waals surface area contributed by atoms with Gasteiger partial charge in [0.25, 0.3) is 0 Å². The van der Waals surface area contributed by atoms with Gasteiger partial charge in [-0.05, 0) is 12.3 Å². The van der Waals surface area contributed by atoms with Crippen molar-refractivity contribution in [2.75, 3.05) is 14.1 Å². The molecule has 0 saturated heterocycles. The Morgan fingerprint density at radius 2 is 1.44 bits per heavy atom. The van der Waals surface area contributed by atoms with Crippen molar-refractivity contribution in [3.05, 3.63) is 32.9 Å². The molecular formula is C10H8Cl3NO2. The van der Waals surface area contributed by atoms with E-state index >= 15 is 0 Å². The van der Waals surface area contributed by atoms with E-state index in [-0.39, 0.29) is 20.7 Å². The van der Waals surface area contributed by atoms with E-state index in [1.807, 2.05) is 0 Å². The molecule has 0 aliphatic heterocycles. The molecule has 0 bridgehead atoms. The predicted octanol–water partition coefficient (Wildman–Crippen LogP) is 2.40. The lowest BCUT2D eigenvalue weighted by Gasteiger charge is -2.12. The van der Waals surface area contributed by atoms with Crippen LogP contribution >= 0.6 is 34.8 Å². The molecular weight excluding hydrogens is 272 g/mol. The largest absolute Gasteiger partial charge is 0.383 e. The van der Waals surface area contributed by atoms with E-state index in [1.54, 1.807) is 25.2 Å². The molecule has 0 spiro atoms. The molecule has 16 heavy (non-hydrogen) atoms. The Bertz CT molecular complexity index is 447. The summed E-state index contributed by atoms with van der Waals surface area (Å²) in [6.45, 7) is 0. The molecule has 0 radical (unpaired) electrons. The third-order valence-electron chi connectivity index (χ3n) is 1.81. The highest BCUT2D eigenvalue weighted by atomic mass is 35.5. The summed E-state index contributed by atoms with van der Waals surface area (Å²) < 4.78 is 0. The number of hydrogen-bond acceptors (Lipinski definition) is 3. The Morgan fingerprint density at radius 3 is 1.94 bits per heavy atom. The van der Waals surface area contributed by atoms with E-state index in [9.17, 15) is 9.59 Å². The van der Waals surface area contributed by atoms with Gasteiger partial charge in [-0.25, -0.2) is 0 Å². The minimum atomic E-state index is -0.633. The van der Waals surface area contributed by atoms with Crippen LogP contribution in [0.25, 0.3) is 0 Å². The smallest absolute Gasteiger partial charge is 0.218 e. The van der Waals surface area contributed by atoms with Gasteiger partial charge < -0.3 is 4.90 Å². The monoisotopic (exact) mass is 279 g/mol. The van der Waals surface area contributed by atoms with E-state index in [0.29, 0.717) is 0 Å². The zero-order valence-electron chi connectivity index (χ0n) is 8.55. The van der Waals surface area contributed by atoms with Crippen LogP contribution in [0.2, 0.25) is 0 Å². The first-order valence-corrected chi connectivity index (χ1v) is 5.38. The van der Waals surface area contributed by atoms with Crippen LogP contribution in [-0.4, -0.2) is 30.6 Å². The second kappa shape index (κ2) is 5.04. The van der Waals surface area contributed by atoms with E-state index in [1.165, 1.54) is 6.08 Å². The highest BCUT2D eigenvalue weighted by Crippen LogP contribution is 2.31. The SMILES string of the molecule is CN(C)/C=C/C1=C(Cl)C(=O)C(Cl)=C(Cl)C1=O. The van der Waals surface area contributed by atoms with Gasteiger partial charge in [-0.1, -0.05) is 34.8 Å². The lowest BCUT2D eigenvalue weighted by Crippen LogP contribution is -2.17. The molecule has 0 aromatic heterocycles. The molecule has 1 rings (SSSR count). The fourth-order valence-electron chi connectivity index (χ4n) is 1.01. The number of Topliss-reactive ketones (excluding diaryl/α,β-unsaturated/α-hetero) is 2. The van der Waals surface area contributed by atoms with Crippen molar-refractivity contribution < 1.29 is 9.59 Å². The van der Waals surface area contributed by atoms with Gasteiger partial charge in [0.1, 0.15) is 15.1 Å². The van der Waals surface area contributed by atoms with Crippen LogP contribution in [0, 0.1) is 0 Å². The first-order valence-electron chi connectivity index (χ1n) is 4.25. The average molecular weight is 281 g/mol. The maximum atomic E-state index is 11.7. The number of carbonyl (C=O) groups is 2. The van der Waals surface area contributed by atoms with Crippen LogP contribution in [0.1, 0.15) is 0 Å². The van der Waals surface area contributed by atoms with Crippen LogP contribution in [0.5, 0.6) is 0 Å².